The highest BCUT2D eigenvalue weighted by molar-refractivity contribution is 14.1. The molecule has 1 unspecified atom stereocenters. The van der Waals surface area contributed by atoms with Crippen molar-refractivity contribution < 1.29 is 18.7 Å². The van der Waals surface area contributed by atoms with Gasteiger partial charge in [0.25, 0.3) is 5.91 Å². The molecule has 0 fully saturated rings. The van der Waals surface area contributed by atoms with Crippen LogP contribution in [0.25, 0.3) is 0 Å². The molecule has 0 saturated heterocycles. The quantitative estimate of drug-likeness (QED) is 0.540. The molecule has 138 valence electrons. The number of Topliss-reactive ketones (excluding diaryl/α,β-unsaturated/α-hetero) is 1. The summed E-state index contributed by atoms with van der Waals surface area (Å²) in [7, 11) is 0. The van der Waals surface area contributed by atoms with E-state index in [1.807, 2.05) is 22.6 Å². The molecule has 1 atom stereocenters. The first-order valence-corrected chi connectivity index (χ1v) is 9.85. The number of nitrogens with two attached hydrogens (primary N) is 2. The Balaban J connectivity index is 2.06. The second-order valence-electron chi connectivity index (χ2n) is 5.77. The van der Waals surface area contributed by atoms with E-state index in [0.29, 0.717) is 41.4 Å². The van der Waals surface area contributed by atoms with Gasteiger partial charge in [0.2, 0.25) is 0 Å². The smallest absolute Gasteiger partial charge is 0.252 e. The van der Waals surface area contributed by atoms with Gasteiger partial charge in [0.1, 0.15) is 10.8 Å². The molecule has 3 rings (SSSR count). The molecule has 1 heterocycles. The third kappa shape index (κ3) is 3.75. The number of halogens is 2. The van der Waals surface area contributed by atoms with Gasteiger partial charge in [0, 0.05) is 22.1 Å². The first-order valence-electron chi connectivity index (χ1n) is 7.95. The SMILES string of the molecule is NCCOC1CCC(=O)c2sc(Nc3ccc(I)cc3F)c(C(N)=O)c21. The highest BCUT2D eigenvalue weighted by Crippen LogP contribution is 2.44. The molecule has 2 aromatic rings. The van der Waals surface area contributed by atoms with Crippen LogP contribution in [0.2, 0.25) is 0 Å². The Labute approximate surface area is 167 Å². The van der Waals surface area contributed by atoms with Gasteiger partial charge in [-0.05, 0) is 47.2 Å². The number of primary amides is 1. The molecular formula is C17H17FIN3O3S. The second kappa shape index (κ2) is 7.99. The van der Waals surface area contributed by atoms with E-state index in [0.717, 1.165) is 14.9 Å². The van der Waals surface area contributed by atoms with Crippen LogP contribution in [-0.4, -0.2) is 24.8 Å². The number of carbonyl (C=O) groups excluding carboxylic acids is 2. The average molecular weight is 489 g/mol. The summed E-state index contributed by atoms with van der Waals surface area (Å²) in [5.74, 6) is -1.22. The fraction of sp³-hybridized carbons (Fsp3) is 0.294. The maximum Gasteiger partial charge on any atom is 0.252 e. The summed E-state index contributed by atoms with van der Waals surface area (Å²) in [5, 5.41) is 3.26. The summed E-state index contributed by atoms with van der Waals surface area (Å²) in [5.41, 5.74) is 11.9. The minimum atomic E-state index is -0.688. The van der Waals surface area contributed by atoms with Crippen LogP contribution in [0.1, 0.15) is 44.5 Å². The standard InChI is InChI=1S/C17H17FIN3O3S/c18-9-7-8(19)1-2-10(9)22-17-14(16(21)24)13-12(25-6-5-20)4-3-11(23)15(13)26-17/h1-2,7,12,22H,3-6,20H2,(H2,21,24). The maximum atomic E-state index is 14.2. The summed E-state index contributed by atoms with van der Waals surface area (Å²) in [6.07, 6.45) is 0.348. The highest BCUT2D eigenvalue weighted by Gasteiger charge is 2.35. The number of benzene rings is 1. The van der Waals surface area contributed by atoms with Crippen molar-refractivity contribution in [2.24, 2.45) is 11.5 Å². The zero-order valence-electron chi connectivity index (χ0n) is 13.7. The van der Waals surface area contributed by atoms with Gasteiger partial charge in [0.05, 0.1) is 28.8 Å². The van der Waals surface area contributed by atoms with E-state index in [-0.39, 0.29) is 17.0 Å². The maximum absolute atomic E-state index is 14.2. The minimum Gasteiger partial charge on any atom is -0.372 e. The van der Waals surface area contributed by atoms with Gasteiger partial charge >= 0.3 is 0 Å². The van der Waals surface area contributed by atoms with Crippen molar-refractivity contribution in [3.05, 3.63) is 43.6 Å². The lowest BCUT2D eigenvalue weighted by Gasteiger charge is -2.23. The number of ether oxygens (including phenoxy) is 1. The van der Waals surface area contributed by atoms with E-state index < -0.39 is 17.8 Å². The van der Waals surface area contributed by atoms with Crippen LogP contribution in [0.5, 0.6) is 0 Å². The van der Waals surface area contributed by atoms with Gasteiger partial charge in [-0.1, -0.05) is 0 Å². The molecule has 6 nitrogen and oxygen atoms in total. The molecule has 0 spiro atoms. The van der Waals surface area contributed by atoms with Crippen molar-refractivity contribution in [3.63, 3.8) is 0 Å². The lowest BCUT2D eigenvalue weighted by atomic mass is 9.91. The summed E-state index contributed by atoms with van der Waals surface area (Å²) < 4.78 is 20.7. The number of thiophene rings is 1. The number of anilines is 2. The van der Waals surface area contributed by atoms with Crippen molar-refractivity contribution in [1.82, 2.24) is 0 Å². The Morgan fingerprint density at radius 3 is 2.88 bits per heavy atom. The molecule has 5 N–H and O–H groups in total. The molecule has 0 radical (unpaired) electrons. The summed E-state index contributed by atoms with van der Waals surface area (Å²) in [4.78, 5) is 24.9. The zero-order chi connectivity index (χ0) is 18.8. The van der Waals surface area contributed by atoms with Crippen molar-refractivity contribution in [1.29, 1.82) is 0 Å². The van der Waals surface area contributed by atoms with E-state index in [1.165, 1.54) is 6.07 Å². The van der Waals surface area contributed by atoms with Crippen LogP contribution in [0.15, 0.2) is 18.2 Å². The van der Waals surface area contributed by atoms with Crippen molar-refractivity contribution in [3.8, 4) is 0 Å². The predicted octanol–water partition coefficient (Wildman–Crippen LogP) is 3.33. The Morgan fingerprint density at radius 2 is 2.23 bits per heavy atom. The first-order chi connectivity index (χ1) is 12.4. The Hall–Kier alpha value is -1.56. The van der Waals surface area contributed by atoms with Gasteiger partial charge < -0.3 is 21.5 Å². The Bertz CT molecular complexity index is 871. The summed E-state index contributed by atoms with van der Waals surface area (Å²) in [6, 6.07) is 4.69. The number of carbonyl (C=O) groups is 2. The van der Waals surface area contributed by atoms with Crippen LogP contribution in [0.4, 0.5) is 15.1 Å². The van der Waals surface area contributed by atoms with Gasteiger partial charge in [-0.3, -0.25) is 9.59 Å². The van der Waals surface area contributed by atoms with Crippen LogP contribution in [-0.2, 0) is 4.74 Å². The lowest BCUT2D eigenvalue weighted by Crippen LogP contribution is -2.23. The number of ketones is 1. The van der Waals surface area contributed by atoms with E-state index in [1.54, 1.807) is 12.1 Å². The van der Waals surface area contributed by atoms with E-state index >= 15 is 0 Å². The largest absolute Gasteiger partial charge is 0.372 e. The van der Waals surface area contributed by atoms with E-state index in [9.17, 15) is 14.0 Å². The second-order valence-corrected chi connectivity index (χ2v) is 8.04. The molecule has 9 heteroatoms. The molecule has 1 aromatic carbocycles. The molecule has 1 aromatic heterocycles. The summed E-state index contributed by atoms with van der Waals surface area (Å²) in [6.45, 7) is 0.635. The molecule has 1 aliphatic rings. The van der Waals surface area contributed by atoms with Crippen LogP contribution in [0.3, 0.4) is 0 Å². The Kier molecular flexibility index (Phi) is 5.90. The number of hydrogen-bond acceptors (Lipinski definition) is 6. The molecule has 0 saturated carbocycles. The van der Waals surface area contributed by atoms with E-state index in [4.69, 9.17) is 16.2 Å². The normalized spacial score (nSPS) is 16.4. The number of amides is 1. The predicted molar refractivity (Wildman–Crippen MR) is 107 cm³/mol. The number of nitrogens with one attached hydrogen (secondary N) is 1. The topological polar surface area (TPSA) is 107 Å². The van der Waals surface area contributed by atoms with Crippen LogP contribution < -0.4 is 16.8 Å². The van der Waals surface area contributed by atoms with Crippen LogP contribution in [0, 0.1) is 9.39 Å². The zero-order valence-corrected chi connectivity index (χ0v) is 16.7. The van der Waals surface area contributed by atoms with Crippen molar-refractivity contribution in [2.45, 2.75) is 18.9 Å². The number of hydrogen-bond donors (Lipinski definition) is 3. The molecule has 1 amide bonds. The van der Waals surface area contributed by atoms with Gasteiger partial charge in [-0.2, -0.15) is 0 Å². The van der Waals surface area contributed by atoms with Gasteiger partial charge in [0.15, 0.2) is 5.78 Å². The third-order valence-corrected chi connectivity index (χ3v) is 5.85. The van der Waals surface area contributed by atoms with Crippen molar-refractivity contribution >= 4 is 56.3 Å². The molecule has 0 bridgehead atoms. The highest BCUT2D eigenvalue weighted by atomic mass is 127. The molecule has 0 aliphatic heterocycles. The summed E-state index contributed by atoms with van der Waals surface area (Å²) >= 11 is 3.11. The third-order valence-electron chi connectivity index (χ3n) is 4.02. The van der Waals surface area contributed by atoms with Crippen LogP contribution >= 0.6 is 33.9 Å². The number of fused-ring (bicyclic) bond motifs is 1. The first kappa shape index (κ1) is 19.2. The fourth-order valence-electron chi connectivity index (χ4n) is 2.90. The van der Waals surface area contributed by atoms with Gasteiger partial charge in [-0.25, -0.2) is 4.39 Å². The fourth-order valence-corrected chi connectivity index (χ4v) is 4.59. The molecule has 1 aliphatic carbocycles. The lowest BCUT2D eigenvalue weighted by molar-refractivity contribution is 0.0437. The molecule has 26 heavy (non-hydrogen) atoms. The molecular weight excluding hydrogens is 472 g/mol. The minimum absolute atomic E-state index is 0.0729. The average Bonchev–Trinajstić information content (AvgIpc) is 2.97. The van der Waals surface area contributed by atoms with Gasteiger partial charge in [-0.15, -0.1) is 11.3 Å². The van der Waals surface area contributed by atoms with E-state index in [2.05, 4.69) is 5.32 Å². The van der Waals surface area contributed by atoms with Crippen molar-refractivity contribution in [2.75, 3.05) is 18.5 Å². The number of rotatable bonds is 6. The Morgan fingerprint density at radius 1 is 1.46 bits per heavy atom. The monoisotopic (exact) mass is 489 g/mol.